The maximum atomic E-state index is 13.4. The van der Waals surface area contributed by atoms with E-state index in [0.29, 0.717) is 48.2 Å². The highest BCUT2D eigenvalue weighted by atomic mass is 16.5. The zero-order valence-electron chi connectivity index (χ0n) is 34.8. The smallest absolute Gasteiger partial charge is 0.226 e. The first-order valence-corrected chi connectivity index (χ1v) is 21.8. The number of allylic oxidation sites excluding steroid dienone is 7. The third-order valence-electron chi connectivity index (χ3n) is 13.7. The van der Waals surface area contributed by atoms with E-state index in [1.165, 1.54) is 89.5 Å². The molecule has 0 spiro atoms. The lowest BCUT2D eigenvalue weighted by Crippen LogP contribution is -2.38. The summed E-state index contributed by atoms with van der Waals surface area (Å²) in [6.07, 6.45) is 32.6. The number of aliphatic hydroxyl groups excluding tert-OH is 1. The molecule has 1 heterocycles. The summed E-state index contributed by atoms with van der Waals surface area (Å²) < 4.78 is 5.84. The molecule has 0 bridgehead atoms. The lowest BCUT2D eigenvalue weighted by molar-refractivity contribution is -0.149. The SMILES string of the molecule is CC(=O)C(=O)C1CCCC(CC(O)/C(C)=C/C=C/C=C/CCC(C)C(=O)CC(/C(C)=C/C(C)CCC(CCC2(C)CCC(C)CC2)C2CC2)C2CC2)O1. The number of ketones is 3. The molecule has 7 atom stereocenters. The van der Waals surface area contributed by atoms with Gasteiger partial charge in [-0.25, -0.2) is 0 Å². The second kappa shape index (κ2) is 21.3. The van der Waals surface area contributed by atoms with Crippen molar-refractivity contribution in [3.05, 3.63) is 47.6 Å². The lowest BCUT2D eigenvalue weighted by atomic mass is 9.68. The number of carbonyl (C=O) groups excluding carboxylic acids is 3. The van der Waals surface area contributed by atoms with E-state index in [9.17, 15) is 19.5 Å². The van der Waals surface area contributed by atoms with Gasteiger partial charge in [0.25, 0.3) is 0 Å². The molecule has 1 aliphatic heterocycles. The predicted molar refractivity (Wildman–Crippen MR) is 218 cm³/mol. The third-order valence-corrected chi connectivity index (χ3v) is 13.7. The minimum atomic E-state index is -0.673. The molecular weight excluding hydrogens is 657 g/mol. The van der Waals surface area contributed by atoms with Gasteiger partial charge in [0, 0.05) is 25.7 Å². The molecule has 0 aromatic heterocycles. The van der Waals surface area contributed by atoms with Crippen molar-refractivity contribution in [2.24, 2.45) is 46.8 Å². The Bertz CT molecular complexity index is 1300. The van der Waals surface area contributed by atoms with E-state index in [1.807, 2.05) is 31.2 Å². The molecule has 3 saturated carbocycles. The van der Waals surface area contributed by atoms with Crippen LogP contribution in [0, 0.1) is 46.8 Å². The van der Waals surface area contributed by atoms with Crippen molar-refractivity contribution >= 4 is 17.3 Å². The number of hydrogen-bond acceptors (Lipinski definition) is 5. The van der Waals surface area contributed by atoms with Crippen molar-refractivity contribution in [3.8, 4) is 0 Å². The third kappa shape index (κ3) is 15.2. The van der Waals surface area contributed by atoms with E-state index in [0.717, 1.165) is 49.0 Å². The molecule has 4 aliphatic rings. The summed E-state index contributed by atoms with van der Waals surface area (Å²) >= 11 is 0. The van der Waals surface area contributed by atoms with Crippen molar-refractivity contribution in [2.45, 2.75) is 189 Å². The maximum absolute atomic E-state index is 13.4. The van der Waals surface area contributed by atoms with Crippen molar-refractivity contribution < 1.29 is 24.2 Å². The monoisotopic (exact) mass is 733 g/mol. The van der Waals surface area contributed by atoms with Crippen LogP contribution in [0.1, 0.15) is 170 Å². The van der Waals surface area contributed by atoms with E-state index in [2.05, 4.69) is 46.8 Å². The molecule has 53 heavy (non-hydrogen) atoms. The highest BCUT2D eigenvalue weighted by Crippen LogP contribution is 2.48. The minimum Gasteiger partial charge on any atom is -0.389 e. The van der Waals surface area contributed by atoms with Gasteiger partial charge < -0.3 is 9.84 Å². The van der Waals surface area contributed by atoms with Gasteiger partial charge in [0.1, 0.15) is 11.9 Å². The average Bonchev–Trinajstić information content (AvgIpc) is 4.06. The summed E-state index contributed by atoms with van der Waals surface area (Å²) in [7, 11) is 0. The Balaban J connectivity index is 1.15. The number of carbonyl (C=O) groups is 3. The molecule has 0 aromatic carbocycles. The molecule has 4 fully saturated rings. The molecule has 1 saturated heterocycles. The molecule has 0 radical (unpaired) electrons. The van der Waals surface area contributed by atoms with E-state index in [4.69, 9.17) is 4.74 Å². The Hall–Kier alpha value is -2.11. The van der Waals surface area contributed by atoms with Crippen molar-refractivity contribution in [1.29, 1.82) is 0 Å². The van der Waals surface area contributed by atoms with Gasteiger partial charge in [-0.1, -0.05) is 82.6 Å². The number of hydrogen-bond donors (Lipinski definition) is 1. The van der Waals surface area contributed by atoms with Crippen LogP contribution in [0.3, 0.4) is 0 Å². The number of ether oxygens (including phenoxy) is 1. The van der Waals surface area contributed by atoms with Crippen molar-refractivity contribution in [2.75, 3.05) is 0 Å². The first-order chi connectivity index (χ1) is 25.2. The van der Waals surface area contributed by atoms with E-state index >= 15 is 0 Å². The van der Waals surface area contributed by atoms with E-state index < -0.39 is 23.8 Å². The van der Waals surface area contributed by atoms with Crippen LogP contribution in [-0.4, -0.2) is 40.8 Å². The van der Waals surface area contributed by atoms with Gasteiger partial charge in [-0.15, -0.1) is 0 Å². The van der Waals surface area contributed by atoms with Crippen LogP contribution in [0.2, 0.25) is 0 Å². The molecule has 298 valence electrons. The average molecular weight is 733 g/mol. The quantitative estimate of drug-likeness (QED) is 0.0643. The Kier molecular flexibility index (Phi) is 17.5. The highest BCUT2D eigenvalue weighted by Gasteiger charge is 2.36. The summed E-state index contributed by atoms with van der Waals surface area (Å²) in [5, 5.41) is 10.7. The molecule has 7 unspecified atom stereocenters. The molecule has 1 N–H and O–H groups in total. The maximum Gasteiger partial charge on any atom is 0.226 e. The van der Waals surface area contributed by atoms with Gasteiger partial charge in [0.15, 0.2) is 5.78 Å². The largest absolute Gasteiger partial charge is 0.389 e. The molecular formula is C48H76O5. The first-order valence-electron chi connectivity index (χ1n) is 21.8. The topological polar surface area (TPSA) is 80.7 Å². The second-order valence-electron chi connectivity index (χ2n) is 18.8. The van der Waals surface area contributed by atoms with Gasteiger partial charge in [-0.05, 0) is 157 Å². The predicted octanol–water partition coefficient (Wildman–Crippen LogP) is 11.7. The molecule has 5 heteroatoms. The Morgan fingerprint density at radius 1 is 0.830 bits per heavy atom. The minimum absolute atomic E-state index is 0.0632. The molecule has 5 nitrogen and oxygen atoms in total. The van der Waals surface area contributed by atoms with Crippen molar-refractivity contribution in [3.63, 3.8) is 0 Å². The summed E-state index contributed by atoms with van der Waals surface area (Å²) in [4.78, 5) is 36.9. The number of Topliss-reactive ketones (excluding diaryl/α,β-unsaturated/α-hetero) is 3. The number of rotatable bonds is 23. The number of aliphatic hydroxyl groups is 1. The Labute approximate surface area is 324 Å². The van der Waals surface area contributed by atoms with Crippen LogP contribution in [0.4, 0.5) is 0 Å². The normalized spacial score (nSPS) is 28.9. The Morgan fingerprint density at radius 3 is 2.19 bits per heavy atom. The van der Waals surface area contributed by atoms with Gasteiger partial charge in [0.05, 0.1) is 12.2 Å². The van der Waals surface area contributed by atoms with Crippen LogP contribution in [0.5, 0.6) is 0 Å². The highest BCUT2D eigenvalue weighted by molar-refractivity contribution is 6.37. The summed E-state index contributed by atoms with van der Waals surface area (Å²) in [6.45, 7) is 15.0. The molecule has 3 aliphatic carbocycles. The standard InChI is InChI=1S/C48H76O5/c1-33-24-27-48(7,28-25-33)29-26-40(39-20-21-39)19-18-34(2)30-37(5)43(41-22-23-41)32-45(51)36(4)15-12-10-8-9-11-14-35(3)44(50)31-42-16-13-17-46(53-42)47(52)38(6)49/h8-11,14,30,33-34,36,39-44,46,50H,12-13,15-29,31-32H2,1-7H3/b10-8+,11-9+,35-14+,37-30+. The van der Waals surface area contributed by atoms with Crippen LogP contribution < -0.4 is 0 Å². The van der Waals surface area contributed by atoms with Crippen LogP contribution in [-0.2, 0) is 19.1 Å². The van der Waals surface area contributed by atoms with Gasteiger partial charge in [-0.3, -0.25) is 14.4 Å². The van der Waals surface area contributed by atoms with E-state index in [1.54, 1.807) is 0 Å². The van der Waals surface area contributed by atoms with Crippen LogP contribution in [0.25, 0.3) is 0 Å². The fraction of sp³-hybridized carbons (Fsp3) is 0.771. The van der Waals surface area contributed by atoms with Crippen LogP contribution >= 0.6 is 0 Å². The Morgan fingerprint density at radius 2 is 1.53 bits per heavy atom. The molecule has 0 aromatic rings. The molecule has 4 rings (SSSR count). The van der Waals surface area contributed by atoms with Gasteiger partial charge in [0.2, 0.25) is 5.78 Å². The van der Waals surface area contributed by atoms with Gasteiger partial charge in [-0.2, -0.15) is 0 Å². The molecule has 0 amide bonds. The zero-order valence-corrected chi connectivity index (χ0v) is 34.8. The van der Waals surface area contributed by atoms with E-state index in [-0.39, 0.29) is 12.0 Å². The lowest BCUT2D eigenvalue weighted by Gasteiger charge is -2.37. The summed E-state index contributed by atoms with van der Waals surface area (Å²) in [5.41, 5.74) is 2.88. The van der Waals surface area contributed by atoms with Gasteiger partial charge >= 0.3 is 0 Å². The van der Waals surface area contributed by atoms with Crippen LogP contribution in [0.15, 0.2) is 47.6 Å². The second-order valence-corrected chi connectivity index (χ2v) is 18.8. The summed E-state index contributed by atoms with van der Waals surface area (Å²) in [6, 6.07) is 0. The fourth-order valence-electron chi connectivity index (χ4n) is 9.17. The first kappa shape index (κ1) is 43.6. The van der Waals surface area contributed by atoms with Crippen molar-refractivity contribution in [1.82, 2.24) is 0 Å². The zero-order chi connectivity index (χ0) is 38.5. The fourth-order valence-corrected chi connectivity index (χ4v) is 9.17. The summed E-state index contributed by atoms with van der Waals surface area (Å²) in [5.74, 6) is 4.06.